The van der Waals surface area contributed by atoms with Crippen molar-refractivity contribution >= 4 is 0 Å². The first kappa shape index (κ1) is 70.9. The highest BCUT2D eigenvalue weighted by molar-refractivity contribution is 5.32. The van der Waals surface area contributed by atoms with Crippen molar-refractivity contribution in [3.8, 4) is 0 Å². The van der Waals surface area contributed by atoms with Crippen LogP contribution in [0.5, 0.6) is 0 Å². The van der Waals surface area contributed by atoms with Crippen molar-refractivity contribution in [2.75, 3.05) is 33.0 Å². The lowest BCUT2D eigenvalue weighted by atomic mass is 9.38. The van der Waals surface area contributed by atoms with Crippen LogP contribution in [-0.2, 0) is 47.4 Å². The molecule has 5 heterocycles. The maximum Gasteiger partial charge on any atom is 0.187 e. The van der Waals surface area contributed by atoms with E-state index in [4.69, 9.17) is 47.4 Å². The van der Waals surface area contributed by atoms with Crippen molar-refractivity contribution in [3.63, 3.8) is 0 Å². The second kappa shape index (κ2) is 27.4. The third-order valence-corrected chi connectivity index (χ3v) is 22.8. The van der Waals surface area contributed by atoms with Crippen LogP contribution in [0.1, 0.15) is 113 Å². The van der Waals surface area contributed by atoms with E-state index in [0.717, 1.165) is 18.4 Å². The van der Waals surface area contributed by atoms with E-state index in [0.29, 0.717) is 32.1 Å². The standard InChI is InChI=1S/C60H102O28/c1-24(9-13-37(57(4,5)78)87-55-50(88-54-49(77)45(73)40(68)32(22-64)84-54)46(74)41(69)33(85-55)23-79-51-47(75)43(71)38(66)30(20-62)82-51)26-15-16-58(6)34-12-10-27-28(60(34,8)35(65)18-59(26,58)7)11-14-36(56(27,2)3)86-52-42(70)29(17-25(19-61)80-52)81-53-48(76)44(72)39(67)31(21-63)83-53/h10,24-26,28-55,61-78H,9,11-23H2,1-8H3/t24-,25+,26?,28?,29+,30-,31-,32-,33-,34?,35-,36+,37-,38-,39-,40-,41-,42-,43+,44+,45+,46+,47-,48-,49-,50-,51+,52+,53-,54+,55+,58+,59-,60+/m1/s1. The number of ether oxygens (including phenoxy) is 10. The number of allylic oxidation sites excluding steroid dienone is 1. The molecule has 0 aromatic rings. The quantitative estimate of drug-likeness (QED) is 0.0512. The third-order valence-electron chi connectivity index (χ3n) is 22.8. The van der Waals surface area contributed by atoms with Crippen LogP contribution in [0.25, 0.3) is 0 Å². The summed E-state index contributed by atoms with van der Waals surface area (Å²) in [5.41, 5.74) is -2.32. The Hall–Kier alpha value is -1.38. The first-order valence-corrected chi connectivity index (χ1v) is 31.5. The zero-order chi connectivity index (χ0) is 64.7. The van der Waals surface area contributed by atoms with Gasteiger partial charge in [-0.15, -0.1) is 0 Å². The second-order valence-electron chi connectivity index (χ2n) is 28.6. The highest BCUT2D eigenvalue weighted by atomic mass is 16.8. The van der Waals surface area contributed by atoms with Crippen LogP contribution in [-0.4, -0.2) is 296 Å². The molecular weight excluding hydrogens is 1170 g/mol. The number of aliphatic hydroxyl groups is 18. The molecule has 0 amide bonds. The van der Waals surface area contributed by atoms with E-state index in [2.05, 4.69) is 47.6 Å². The van der Waals surface area contributed by atoms with E-state index in [-0.39, 0.29) is 47.3 Å². The Morgan fingerprint density at radius 1 is 0.557 bits per heavy atom. The van der Waals surface area contributed by atoms with Gasteiger partial charge >= 0.3 is 0 Å². The summed E-state index contributed by atoms with van der Waals surface area (Å²) in [7, 11) is 0. The van der Waals surface area contributed by atoms with Gasteiger partial charge in [-0.1, -0.05) is 53.2 Å². The number of hydrogen-bond donors (Lipinski definition) is 18. The minimum absolute atomic E-state index is 0.0245. The Kier molecular flexibility index (Phi) is 22.1. The molecule has 9 aliphatic rings. The summed E-state index contributed by atoms with van der Waals surface area (Å²) in [6.45, 7) is 12.9. The molecule has 4 aliphatic carbocycles. The summed E-state index contributed by atoms with van der Waals surface area (Å²) in [5, 5.41) is 194. The Bertz CT molecular complexity index is 2310. The molecule has 28 nitrogen and oxygen atoms in total. The molecule has 18 N–H and O–H groups in total. The molecule has 0 aromatic carbocycles. The Morgan fingerprint density at radius 3 is 1.64 bits per heavy atom. The molecule has 3 unspecified atom stereocenters. The van der Waals surface area contributed by atoms with Gasteiger partial charge in [-0.2, -0.15) is 0 Å². The van der Waals surface area contributed by atoms with Crippen LogP contribution in [0.15, 0.2) is 11.6 Å². The van der Waals surface area contributed by atoms with Crippen molar-refractivity contribution in [1.82, 2.24) is 0 Å². The maximum atomic E-state index is 12.9. The number of rotatable bonds is 20. The smallest absolute Gasteiger partial charge is 0.187 e. The zero-order valence-corrected chi connectivity index (χ0v) is 51.5. The average molecular weight is 1270 g/mol. The molecule has 8 fully saturated rings. The molecule has 3 saturated carbocycles. The molecule has 0 aromatic heterocycles. The van der Waals surface area contributed by atoms with Crippen LogP contribution in [0.2, 0.25) is 0 Å². The summed E-state index contributed by atoms with van der Waals surface area (Å²) >= 11 is 0. The van der Waals surface area contributed by atoms with E-state index >= 15 is 0 Å². The fraction of sp³-hybridized carbons (Fsp3) is 0.967. The molecule has 28 heteroatoms. The first-order valence-electron chi connectivity index (χ1n) is 31.5. The van der Waals surface area contributed by atoms with Crippen LogP contribution >= 0.6 is 0 Å². The second-order valence-corrected chi connectivity index (χ2v) is 28.6. The van der Waals surface area contributed by atoms with Crippen molar-refractivity contribution in [1.29, 1.82) is 0 Å². The molecule has 0 radical (unpaired) electrons. The minimum Gasteiger partial charge on any atom is -0.394 e. The van der Waals surface area contributed by atoms with Gasteiger partial charge in [-0.05, 0) is 99.7 Å². The maximum absolute atomic E-state index is 12.9. The van der Waals surface area contributed by atoms with E-state index in [1.54, 1.807) is 0 Å². The minimum atomic E-state index is -1.95. The predicted octanol–water partition coefficient (Wildman–Crippen LogP) is -4.38. The fourth-order valence-electron chi connectivity index (χ4n) is 17.1. The lowest BCUT2D eigenvalue weighted by Crippen LogP contribution is -2.65. The summed E-state index contributed by atoms with van der Waals surface area (Å²) in [4.78, 5) is 0. The molecule has 0 bridgehead atoms. The Morgan fingerprint density at radius 2 is 1.08 bits per heavy atom. The van der Waals surface area contributed by atoms with E-state index in [1.807, 2.05) is 0 Å². The molecular formula is C60H102O28. The van der Waals surface area contributed by atoms with Crippen molar-refractivity contribution in [3.05, 3.63) is 11.6 Å². The average Bonchev–Trinajstić information content (AvgIpc) is 1.28. The largest absolute Gasteiger partial charge is 0.394 e. The van der Waals surface area contributed by atoms with Crippen LogP contribution in [0.3, 0.4) is 0 Å². The Labute approximate surface area is 512 Å². The summed E-state index contributed by atoms with van der Waals surface area (Å²) in [6, 6.07) is 0. The molecule has 5 saturated heterocycles. The van der Waals surface area contributed by atoms with Gasteiger partial charge in [0.15, 0.2) is 31.5 Å². The summed E-state index contributed by atoms with van der Waals surface area (Å²) in [6.07, 6.45) is -33.8. The van der Waals surface area contributed by atoms with Crippen LogP contribution in [0.4, 0.5) is 0 Å². The molecule has 5 aliphatic heterocycles. The SMILES string of the molecule is C[C@H](CC[C@@H](O[C@@H]1O[C@H](CO[C@H]2O[C@H](CO)[C@@H](O)[C@H](O)[C@H]2O)[C@@H](O)[C@H](O)[C@H]1O[C@@H]1O[C@H](CO)[C@@H](O)[C@H](O)[C@H]1O)C(C)(C)O)C1CC[C@@]2(C)C3CC=C4C(CC[C@H](O[C@@H]5O[C@H](CO)C[C@H](O[C@@H]6O[C@H](CO)[C@@H](O)[C@H](O)[C@H]6O)[C@H]5O)C4(C)C)[C@]3(C)[C@H](O)C[C@]12C. The third kappa shape index (κ3) is 12.8. The van der Waals surface area contributed by atoms with Gasteiger partial charge in [-0.25, -0.2) is 0 Å². The molecule has 510 valence electrons. The molecule has 0 spiro atoms. The highest BCUT2D eigenvalue weighted by Gasteiger charge is 2.70. The number of hydrogen-bond acceptors (Lipinski definition) is 28. The lowest BCUT2D eigenvalue weighted by molar-refractivity contribution is -0.380. The van der Waals surface area contributed by atoms with Crippen molar-refractivity contribution < 1.29 is 139 Å². The Balaban J connectivity index is 0.892. The fourth-order valence-corrected chi connectivity index (χ4v) is 17.1. The lowest BCUT2D eigenvalue weighted by Gasteiger charge is -2.67. The molecule has 34 atom stereocenters. The van der Waals surface area contributed by atoms with E-state index < -0.39 is 215 Å². The number of fused-ring (bicyclic) bond motifs is 5. The van der Waals surface area contributed by atoms with Crippen molar-refractivity contribution in [2.24, 2.45) is 45.3 Å². The van der Waals surface area contributed by atoms with Gasteiger partial charge < -0.3 is 139 Å². The normalized spacial score (nSPS) is 51.4. The molecule has 9 rings (SSSR count). The van der Waals surface area contributed by atoms with E-state index in [1.165, 1.54) is 13.8 Å². The summed E-state index contributed by atoms with van der Waals surface area (Å²) in [5.74, 6) is 0.0661. The van der Waals surface area contributed by atoms with Crippen molar-refractivity contribution in [2.45, 2.75) is 285 Å². The van der Waals surface area contributed by atoms with Crippen LogP contribution < -0.4 is 0 Å². The first-order chi connectivity index (χ1) is 41.2. The van der Waals surface area contributed by atoms with Gasteiger partial charge in [0.2, 0.25) is 0 Å². The van der Waals surface area contributed by atoms with Crippen LogP contribution in [0, 0.1) is 45.3 Å². The highest BCUT2D eigenvalue weighted by Crippen LogP contribution is 2.75. The van der Waals surface area contributed by atoms with Gasteiger partial charge in [0.1, 0.15) is 104 Å². The summed E-state index contributed by atoms with van der Waals surface area (Å²) < 4.78 is 60.0. The van der Waals surface area contributed by atoms with Gasteiger partial charge in [0.05, 0.1) is 69.2 Å². The topological polar surface area (TPSA) is 456 Å². The zero-order valence-electron chi connectivity index (χ0n) is 51.5. The van der Waals surface area contributed by atoms with E-state index in [9.17, 15) is 91.9 Å². The predicted molar refractivity (Wildman–Crippen MR) is 299 cm³/mol. The van der Waals surface area contributed by atoms with Gasteiger partial charge in [0.25, 0.3) is 0 Å². The monoisotopic (exact) mass is 1270 g/mol. The van der Waals surface area contributed by atoms with Gasteiger partial charge in [0, 0.05) is 17.3 Å². The number of aliphatic hydroxyl groups excluding tert-OH is 17. The molecule has 88 heavy (non-hydrogen) atoms. The van der Waals surface area contributed by atoms with Gasteiger partial charge in [-0.3, -0.25) is 0 Å².